The number of amides is 1. The molecule has 0 unspecified atom stereocenters. The second-order valence-electron chi connectivity index (χ2n) is 5.46. The van der Waals surface area contributed by atoms with Crippen LogP contribution in [-0.2, 0) is 11.2 Å². The molecule has 116 valence electrons. The number of rotatable bonds is 5. The molecule has 1 aliphatic rings. The zero-order valence-corrected chi connectivity index (χ0v) is 13.6. The molecule has 0 bridgehead atoms. The first-order valence-corrected chi connectivity index (χ1v) is 8.73. The highest BCUT2D eigenvalue weighted by Crippen LogP contribution is 2.13. The van der Waals surface area contributed by atoms with Crippen molar-refractivity contribution in [3.63, 3.8) is 0 Å². The van der Waals surface area contributed by atoms with Crippen molar-refractivity contribution in [2.24, 2.45) is 0 Å². The molecule has 1 fully saturated rings. The predicted octanol–water partition coefficient (Wildman–Crippen LogP) is 2.18. The van der Waals surface area contributed by atoms with Gasteiger partial charge in [0.15, 0.2) is 0 Å². The van der Waals surface area contributed by atoms with Gasteiger partial charge in [0.1, 0.15) is 5.82 Å². The van der Waals surface area contributed by atoms with E-state index >= 15 is 0 Å². The molecule has 1 aliphatic heterocycles. The van der Waals surface area contributed by atoms with Gasteiger partial charge in [0.2, 0.25) is 5.91 Å². The maximum atomic E-state index is 13.1. The van der Waals surface area contributed by atoms with Crippen LogP contribution in [0.1, 0.15) is 11.1 Å². The highest BCUT2D eigenvalue weighted by Gasteiger charge is 2.21. The van der Waals surface area contributed by atoms with Crippen LogP contribution in [0.3, 0.4) is 0 Å². The third-order valence-corrected chi connectivity index (χ3v) is 4.57. The molecule has 21 heavy (non-hydrogen) atoms. The third-order valence-electron chi connectivity index (χ3n) is 3.98. The minimum absolute atomic E-state index is 0.147. The number of carbonyl (C=O) groups excluding carboxylic acids is 1. The maximum Gasteiger partial charge on any atom is 0.227 e. The number of aryl methyl sites for hydroxylation is 1. The van der Waals surface area contributed by atoms with Gasteiger partial charge in [-0.3, -0.25) is 9.69 Å². The van der Waals surface area contributed by atoms with Crippen molar-refractivity contribution in [2.45, 2.75) is 13.3 Å². The van der Waals surface area contributed by atoms with Crippen LogP contribution in [-0.4, -0.2) is 60.4 Å². The van der Waals surface area contributed by atoms with Crippen molar-refractivity contribution < 1.29 is 9.18 Å². The van der Waals surface area contributed by atoms with Crippen molar-refractivity contribution in [3.05, 3.63) is 35.1 Å². The molecule has 1 saturated heterocycles. The number of hydrogen-bond donors (Lipinski definition) is 0. The normalized spacial score (nSPS) is 16.2. The summed E-state index contributed by atoms with van der Waals surface area (Å²) < 4.78 is 13.1. The van der Waals surface area contributed by atoms with Crippen molar-refractivity contribution in [2.75, 3.05) is 44.7 Å². The largest absolute Gasteiger partial charge is 0.340 e. The maximum absolute atomic E-state index is 13.1. The van der Waals surface area contributed by atoms with E-state index in [0.717, 1.165) is 49.6 Å². The van der Waals surface area contributed by atoms with Gasteiger partial charge in [0.25, 0.3) is 0 Å². The van der Waals surface area contributed by atoms with Gasteiger partial charge in [0.05, 0.1) is 6.42 Å². The monoisotopic (exact) mass is 310 g/mol. The Morgan fingerprint density at radius 3 is 2.62 bits per heavy atom. The lowest BCUT2D eigenvalue weighted by molar-refractivity contribution is -0.132. The highest BCUT2D eigenvalue weighted by atomic mass is 32.2. The molecule has 5 heteroatoms. The molecule has 1 heterocycles. The van der Waals surface area contributed by atoms with E-state index in [1.807, 2.05) is 23.6 Å². The van der Waals surface area contributed by atoms with E-state index in [1.165, 1.54) is 12.1 Å². The van der Waals surface area contributed by atoms with E-state index in [2.05, 4.69) is 11.2 Å². The summed E-state index contributed by atoms with van der Waals surface area (Å²) in [6.07, 6.45) is 2.49. The molecular weight excluding hydrogens is 287 g/mol. The van der Waals surface area contributed by atoms with Crippen LogP contribution >= 0.6 is 11.8 Å². The second-order valence-corrected chi connectivity index (χ2v) is 6.45. The van der Waals surface area contributed by atoms with Gasteiger partial charge in [-0.1, -0.05) is 6.07 Å². The van der Waals surface area contributed by atoms with E-state index < -0.39 is 0 Å². The van der Waals surface area contributed by atoms with Crippen LogP contribution in [0, 0.1) is 12.7 Å². The lowest BCUT2D eigenvalue weighted by Crippen LogP contribution is -2.49. The Bertz CT molecular complexity index is 487. The Balaban J connectivity index is 1.84. The summed E-state index contributed by atoms with van der Waals surface area (Å²) in [5.74, 6) is 1.04. The minimum Gasteiger partial charge on any atom is -0.340 e. The summed E-state index contributed by atoms with van der Waals surface area (Å²) in [6, 6.07) is 4.64. The molecule has 0 radical (unpaired) electrons. The van der Waals surface area contributed by atoms with E-state index in [1.54, 1.807) is 6.07 Å². The van der Waals surface area contributed by atoms with Crippen molar-refractivity contribution in [3.8, 4) is 0 Å². The Labute approximate surface area is 130 Å². The van der Waals surface area contributed by atoms with Crippen molar-refractivity contribution in [1.82, 2.24) is 9.80 Å². The van der Waals surface area contributed by atoms with E-state index in [4.69, 9.17) is 0 Å². The van der Waals surface area contributed by atoms with Crippen LogP contribution in [0.2, 0.25) is 0 Å². The van der Waals surface area contributed by atoms with Crippen LogP contribution in [0.15, 0.2) is 18.2 Å². The minimum atomic E-state index is -0.244. The van der Waals surface area contributed by atoms with Gasteiger partial charge < -0.3 is 4.90 Å². The molecule has 1 aromatic rings. The van der Waals surface area contributed by atoms with Crippen molar-refractivity contribution in [1.29, 1.82) is 0 Å². The fourth-order valence-electron chi connectivity index (χ4n) is 2.57. The highest BCUT2D eigenvalue weighted by molar-refractivity contribution is 7.98. The molecule has 0 spiro atoms. The Morgan fingerprint density at radius 2 is 2.00 bits per heavy atom. The second kappa shape index (κ2) is 7.80. The van der Waals surface area contributed by atoms with E-state index in [-0.39, 0.29) is 11.7 Å². The Hall–Kier alpha value is -1.07. The molecule has 0 N–H and O–H groups in total. The molecule has 2 rings (SSSR count). The molecule has 1 aromatic carbocycles. The Morgan fingerprint density at radius 1 is 1.29 bits per heavy atom. The molecule has 0 atom stereocenters. The quantitative estimate of drug-likeness (QED) is 0.833. The fourth-order valence-corrected chi connectivity index (χ4v) is 3.01. The lowest BCUT2D eigenvalue weighted by atomic mass is 10.0. The summed E-state index contributed by atoms with van der Waals surface area (Å²) in [7, 11) is 0. The number of hydrogen-bond acceptors (Lipinski definition) is 3. The summed E-state index contributed by atoms with van der Waals surface area (Å²) in [6.45, 7) is 6.45. The van der Waals surface area contributed by atoms with E-state index in [9.17, 15) is 9.18 Å². The smallest absolute Gasteiger partial charge is 0.227 e. The summed E-state index contributed by atoms with van der Waals surface area (Å²) in [5.41, 5.74) is 1.77. The molecule has 0 aliphatic carbocycles. The van der Waals surface area contributed by atoms with Crippen LogP contribution in [0.5, 0.6) is 0 Å². The van der Waals surface area contributed by atoms with Gasteiger partial charge in [0, 0.05) is 38.5 Å². The standard InChI is InChI=1S/C16H23FN2OS/c1-13-11-15(17)4-3-14(13)12-16(20)19-7-5-18(6-8-19)9-10-21-2/h3-4,11H,5-10,12H2,1-2H3. The first-order chi connectivity index (χ1) is 10.1. The number of halogens is 1. The summed E-state index contributed by atoms with van der Waals surface area (Å²) in [4.78, 5) is 16.7. The molecular formula is C16H23FN2OS. The SMILES string of the molecule is CSCCN1CCN(C(=O)Cc2ccc(F)cc2C)CC1. The number of nitrogens with zero attached hydrogens (tertiary/aromatic N) is 2. The number of piperazine rings is 1. The predicted molar refractivity (Wildman–Crippen MR) is 86.2 cm³/mol. The van der Waals surface area contributed by atoms with Gasteiger partial charge in [-0.05, 0) is 36.4 Å². The summed E-state index contributed by atoms with van der Waals surface area (Å²) in [5, 5.41) is 0. The average molecular weight is 310 g/mol. The number of benzene rings is 1. The first-order valence-electron chi connectivity index (χ1n) is 7.34. The summed E-state index contributed by atoms with van der Waals surface area (Å²) >= 11 is 1.85. The molecule has 0 aromatic heterocycles. The Kier molecular flexibility index (Phi) is 6.06. The van der Waals surface area contributed by atoms with Crippen molar-refractivity contribution >= 4 is 17.7 Å². The van der Waals surface area contributed by atoms with Crippen LogP contribution in [0.25, 0.3) is 0 Å². The zero-order chi connectivity index (χ0) is 15.2. The fraction of sp³-hybridized carbons (Fsp3) is 0.562. The van der Waals surface area contributed by atoms with E-state index in [0.29, 0.717) is 6.42 Å². The third kappa shape index (κ3) is 4.71. The topological polar surface area (TPSA) is 23.6 Å². The molecule has 3 nitrogen and oxygen atoms in total. The van der Waals surface area contributed by atoms with Gasteiger partial charge in [-0.15, -0.1) is 0 Å². The average Bonchev–Trinajstić information content (AvgIpc) is 2.48. The van der Waals surface area contributed by atoms with Gasteiger partial charge in [-0.25, -0.2) is 4.39 Å². The van der Waals surface area contributed by atoms with Crippen LogP contribution in [0.4, 0.5) is 4.39 Å². The first kappa shape index (κ1) is 16.3. The van der Waals surface area contributed by atoms with Crippen LogP contribution < -0.4 is 0 Å². The molecule has 0 saturated carbocycles. The lowest BCUT2D eigenvalue weighted by Gasteiger charge is -2.34. The number of carbonyl (C=O) groups is 1. The number of thioether (sulfide) groups is 1. The van der Waals surface area contributed by atoms with Gasteiger partial charge >= 0.3 is 0 Å². The molecule has 1 amide bonds. The zero-order valence-electron chi connectivity index (χ0n) is 12.8. The van der Waals surface area contributed by atoms with Gasteiger partial charge in [-0.2, -0.15) is 11.8 Å².